The third-order valence-electron chi connectivity index (χ3n) is 6.04. The van der Waals surface area contributed by atoms with Crippen LogP contribution in [-0.4, -0.2) is 76.2 Å². The minimum absolute atomic E-state index is 0.206. The number of carbonyl (C=O) groups is 2. The Labute approximate surface area is 187 Å². The molecule has 1 atom stereocenters. The molecule has 0 radical (unpaired) electrons. The number of nitrogens with one attached hydrogen (secondary N) is 1. The normalized spacial score (nSPS) is 16.5. The Morgan fingerprint density at radius 1 is 1.28 bits per heavy atom. The number of urea groups is 1. The molecule has 9 heteroatoms. The fourth-order valence-electron chi connectivity index (χ4n) is 4.26. The van der Waals surface area contributed by atoms with Gasteiger partial charge in [0.25, 0.3) is 0 Å². The lowest BCUT2D eigenvalue weighted by molar-refractivity contribution is -0.141. The van der Waals surface area contributed by atoms with Gasteiger partial charge in [-0.1, -0.05) is 12.1 Å². The number of hydrogen-bond acceptors (Lipinski definition) is 6. The Morgan fingerprint density at radius 3 is 2.91 bits per heavy atom. The number of methoxy groups -OCH3 is 1. The number of hydrogen-bond donors (Lipinski definition) is 2. The van der Waals surface area contributed by atoms with E-state index in [1.165, 1.54) is 17.6 Å². The average Bonchev–Trinajstić information content (AvgIpc) is 3.17. The van der Waals surface area contributed by atoms with Crippen molar-refractivity contribution < 1.29 is 19.4 Å². The summed E-state index contributed by atoms with van der Waals surface area (Å²) in [5, 5.41) is 13.1. The maximum absolute atomic E-state index is 12.9. The number of fused-ring (bicyclic) bond motifs is 1. The summed E-state index contributed by atoms with van der Waals surface area (Å²) in [6, 6.07) is 6.53. The summed E-state index contributed by atoms with van der Waals surface area (Å²) in [4.78, 5) is 36.8. The zero-order valence-corrected chi connectivity index (χ0v) is 18.3. The molecular formula is C23H29N5O4. The summed E-state index contributed by atoms with van der Waals surface area (Å²) < 4.78 is 5.04. The third kappa shape index (κ3) is 4.92. The van der Waals surface area contributed by atoms with Crippen molar-refractivity contribution in [1.82, 2.24) is 19.8 Å². The zero-order valence-electron chi connectivity index (χ0n) is 18.3. The highest BCUT2D eigenvalue weighted by Gasteiger charge is 2.37. The summed E-state index contributed by atoms with van der Waals surface area (Å²) in [6.07, 6.45) is 5.55. The van der Waals surface area contributed by atoms with E-state index in [0.29, 0.717) is 25.5 Å². The fraction of sp³-hybridized carbons (Fsp3) is 0.478. The molecular weight excluding hydrogens is 410 g/mol. The van der Waals surface area contributed by atoms with E-state index in [4.69, 9.17) is 9.72 Å². The Hall–Kier alpha value is -3.36. The van der Waals surface area contributed by atoms with Crippen molar-refractivity contribution in [2.75, 3.05) is 38.6 Å². The number of carboxylic acids is 1. The minimum atomic E-state index is -1.01. The zero-order chi connectivity index (χ0) is 22.5. The molecule has 2 aromatic rings. The van der Waals surface area contributed by atoms with Crippen LogP contribution in [0.25, 0.3) is 0 Å². The van der Waals surface area contributed by atoms with Gasteiger partial charge in [-0.2, -0.15) is 0 Å². The van der Waals surface area contributed by atoms with E-state index in [-0.39, 0.29) is 12.5 Å². The number of ether oxygens (including phenoxy) is 1. The number of anilines is 1. The first-order valence-electron chi connectivity index (χ1n) is 11.0. The second kappa shape index (κ2) is 9.84. The fourth-order valence-corrected chi connectivity index (χ4v) is 4.26. The molecule has 0 aliphatic carbocycles. The largest absolute Gasteiger partial charge is 0.481 e. The van der Waals surface area contributed by atoms with Gasteiger partial charge in [-0.05, 0) is 42.9 Å². The lowest BCUT2D eigenvalue weighted by Gasteiger charge is -2.25. The molecule has 2 N–H and O–H groups in total. The number of carboxylic acid groups (broad SMARTS) is 1. The molecule has 2 amide bonds. The Bertz CT molecular complexity index is 965. The summed E-state index contributed by atoms with van der Waals surface area (Å²) in [5.74, 6) is 0.435. The molecule has 4 heterocycles. The van der Waals surface area contributed by atoms with Crippen LogP contribution in [0.5, 0.6) is 5.88 Å². The van der Waals surface area contributed by atoms with Gasteiger partial charge >= 0.3 is 12.0 Å². The molecule has 1 fully saturated rings. The van der Waals surface area contributed by atoms with E-state index >= 15 is 0 Å². The molecule has 32 heavy (non-hydrogen) atoms. The monoisotopic (exact) mass is 439 g/mol. The minimum Gasteiger partial charge on any atom is -0.481 e. The van der Waals surface area contributed by atoms with E-state index in [1.54, 1.807) is 23.2 Å². The third-order valence-corrected chi connectivity index (χ3v) is 6.04. The van der Waals surface area contributed by atoms with Crippen LogP contribution >= 0.6 is 0 Å². The van der Waals surface area contributed by atoms with Gasteiger partial charge in [0, 0.05) is 50.6 Å². The van der Waals surface area contributed by atoms with Gasteiger partial charge < -0.3 is 25.0 Å². The second-order valence-corrected chi connectivity index (χ2v) is 8.17. The van der Waals surface area contributed by atoms with Crippen LogP contribution < -0.4 is 10.1 Å². The van der Waals surface area contributed by atoms with Gasteiger partial charge in [0.2, 0.25) is 5.88 Å². The van der Waals surface area contributed by atoms with Crippen LogP contribution in [0.3, 0.4) is 0 Å². The van der Waals surface area contributed by atoms with Crippen molar-refractivity contribution in [2.24, 2.45) is 0 Å². The first kappa shape index (κ1) is 21.9. The summed E-state index contributed by atoms with van der Waals surface area (Å²) >= 11 is 0. The molecule has 9 nitrogen and oxygen atoms in total. The topological polar surface area (TPSA) is 108 Å². The van der Waals surface area contributed by atoms with E-state index in [9.17, 15) is 14.7 Å². The smallest absolute Gasteiger partial charge is 0.326 e. The van der Waals surface area contributed by atoms with E-state index in [0.717, 1.165) is 49.3 Å². The van der Waals surface area contributed by atoms with E-state index < -0.39 is 12.0 Å². The van der Waals surface area contributed by atoms with Crippen LogP contribution in [0, 0.1) is 0 Å². The van der Waals surface area contributed by atoms with Crippen LogP contribution in [-0.2, 0) is 24.1 Å². The molecule has 4 rings (SSSR count). The molecule has 0 bridgehead atoms. The van der Waals surface area contributed by atoms with Gasteiger partial charge in [0.15, 0.2) is 0 Å². The highest BCUT2D eigenvalue weighted by atomic mass is 16.5. The van der Waals surface area contributed by atoms with Crippen molar-refractivity contribution in [2.45, 2.75) is 38.1 Å². The van der Waals surface area contributed by atoms with Gasteiger partial charge in [0.1, 0.15) is 11.9 Å². The summed E-state index contributed by atoms with van der Waals surface area (Å²) in [6.45, 7) is 2.47. The number of amides is 2. The van der Waals surface area contributed by atoms with E-state index in [1.807, 2.05) is 0 Å². The molecule has 1 unspecified atom stereocenters. The lowest BCUT2D eigenvalue weighted by Crippen LogP contribution is -2.45. The number of aliphatic carboxylic acids is 1. The van der Waals surface area contributed by atoms with E-state index in [2.05, 4.69) is 22.4 Å². The van der Waals surface area contributed by atoms with Crippen molar-refractivity contribution in [1.29, 1.82) is 0 Å². The maximum atomic E-state index is 12.9. The number of pyridine rings is 2. The molecule has 1 saturated heterocycles. The SMILES string of the molecule is COc1ccc(CC(C(=O)O)N2CCN(CCCc3ccc4c(n3)NCCC4)C2=O)cn1. The number of rotatable bonds is 9. The van der Waals surface area contributed by atoms with Gasteiger partial charge in [-0.15, -0.1) is 0 Å². The number of aromatic nitrogens is 2. The summed E-state index contributed by atoms with van der Waals surface area (Å²) in [7, 11) is 1.53. The maximum Gasteiger partial charge on any atom is 0.326 e. The molecule has 2 aromatic heterocycles. The van der Waals surface area contributed by atoms with Crippen LogP contribution in [0.15, 0.2) is 30.5 Å². The van der Waals surface area contributed by atoms with Gasteiger partial charge in [-0.25, -0.2) is 19.6 Å². The van der Waals surface area contributed by atoms with Crippen LogP contribution in [0.2, 0.25) is 0 Å². The van der Waals surface area contributed by atoms with Crippen molar-refractivity contribution in [3.8, 4) is 5.88 Å². The quantitative estimate of drug-likeness (QED) is 0.617. The Morgan fingerprint density at radius 2 is 2.16 bits per heavy atom. The van der Waals surface area contributed by atoms with Crippen molar-refractivity contribution in [3.63, 3.8) is 0 Å². The van der Waals surface area contributed by atoms with Crippen LogP contribution in [0.1, 0.15) is 29.7 Å². The number of nitrogens with zero attached hydrogens (tertiary/aromatic N) is 4. The Kier molecular flexibility index (Phi) is 6.72. The number of carbonyl (C=O) groups excluding carboxylic acids is 1. The van der Waals surface area contributed by atoms with Crippen molar-refractivity contribution in [3.05, 3.63) is 47.3 Å². The highest BCUT2D eigenvalue weighted by Crippen LogP contribution is 2.21. The van der Waals surface area contributed by atoms with Crippen molar-refractivity contribution >= 4 is 17.8 Å². The Balaban J connectivity index is 1.32. The predicted octanol–water partition coefficient (Wildman–Crippen LogP) is 2.21. The lowest BCUT2D eigenvalue weighted by atomic mass is 10.1. The average molecular weight is 440 g/mol. The first-order valence-corrected chi connectivity index (χ1v) is 11.0. The van der Waals surface area contributed by atoms with Gasteiger partial charge in [-0.3, -0.25) is 0 Å². The summed E-state index contributed by atoms with van der Waals surface area (Å²) in [5.41, 5.74) is 3.02. The predicted molar refractivity (Wildman–Crippen MR) is 119 cm³/mol. The second-order valence-electron chi connectivity index (χ2n) is 8.17. The molecule has 0 aromatic carbocycles. The number of aryl methyl sites for hydroxylation is 2. The van der Waals surface area contributed by atoms with Crippen LogP contribution in [0.4, 0.5) is 10.6 Å². The first-order chi connectivity index (χ1) is 15.5. The molecule has 2 aliphatic rings. The molecule has 0 saturated carbocycles. The molecule has 170 valence electrons. The van der Waals surface area contributed by atoms with Gasteiger partial charge in [0.05, 0.1) is 7.11 Å². The standard InChI is InChI=1S/C23H29N5O4/c1-32-20-9-6-16(15-25-20)14-19(22(29)30)28-13-12-27(23(28)31)11-3-5-18-8-7-17-4-2-10-24-21(17)26-18/h6-9,15,19H,2-5,10-14H2,1H3,(H,24,26)(H,29,30). The molecule has 2 aliphatic heterocycles. The highest BCUT2D eigenvalue weighted by molar-refractivity contribution is 5.84. The molecule has 0 spiro atoms.